The third kappa shape index (κ3) is 1.73. The van der Waals surface area contributed by atoms with Gasteiger partial charge in [-0.2, -0.15) is 0 Å². The maximum Gasteiger partial charge on any atom is 0.296 e. The summed E-state index contributed by atoms with van der Waals surface area (Å²) in [5.74, 6) is -3.08. The van der Waals surface area contributed by atoms with Gasteiger partial charge in [-0.25, -0.2) is 8.78 Å². The molecule has 0 spiro atoms. The van der Waals surface area contributed by atoms with Crippen LogP contribution >= 0.6 is 11.6 Å². The van der Waals surface area contributed by atoms with Gasteiger partial charge in [0.2, 0.25) is 5.78 Å². The predicted molar refractivity (Wildman–Crippen MR) is 54.0 cm³/mol. The van der Waals surface area contributed by atoms with Gasteiger partial charge in [-0.05, 0) is 30.2 Å². The average Bonchev–Trinajstić information content (AvgIpc) is 2.54. The van der Waals surface area contributed by atoms with Crippen LogP contribution in [0.2, 0.25) is 5.02 Å². The van der Waals surface area contributed by atoms with E-state index in [1.807, 2.05) is 0 Å². The van der Waals surface area contributed by atoms with Crippen LogP contribution in [-0.2, 0) is 11.2 Å². The van der Waals surface area contributed by atoms with Gasteiger partial charge >= 0.3 is 0 Å². The lowest BCUT2D eigenvalue weighted by Gasteiger charge is -2.04. The highest BCUT2D eigenvalue weighted by Gasteiger charge is 2.39. The largest absolute Gasteiger partial charge is 0.296 e. The molecule has 1 atom stereocenters. The molecule has 16 heavy (non-hydrogen) atoms. The van der Waals surface area contributed by atoms with E-state index in [4.69, 9.17) is 11.6 Å². The number of rotatable bonds is 2. The Kier molecular flexibility index (Phi) is 2.76. The zero-order valence-electron chi connectivity index (χ0n) is 8.04. The summed E-state index contributed by atoms with van der Waals surface area (Å²) in [4.78, 5) is 22.8. The number of alkyl halides is 2. The van der Waals surface area contributed by atoms with Gasteiger partial charge in [-0.3, -0.25) is 9.59 Å². The Labute approximate surface area is 95.2 Å². The van der Waals surface area contributed by atoms with Crippen molar-refractivity contribution in [1.29, 1.82) is 0 Å². The van der Waals surface area contributed by atoms with Crippen LogP contribution in [0.15, 0.2) is 18.2 Å². The van der Waals surface area contributed by atoms with E-state index in [9.17, 15) is 18.4 Å². The van der Waals surface area contributed by atoms with Crippen molar-refractivity contribution in [1.82, 2.24) is 0 Å². The molecule has 84 valence electrons. The van der Waals surface area contributed by atoms with E-state index < -0.39 is 23.9 Å². The number of hydrogen-bond donors (Lipinski definition) is 0. The fraction of sp³-hybridized carbons (Fsp3) is 0.273. The molecule has 0 amide bonds. The molecule has 0 saturated heterocycles. The summed E-state index contributed by atoms with van der Waals surface area (Å²) in [5.41, 5.74) is 0.889. The molecule has 0 heterocycles. The van der Waals surface area contributed by atoms with Gasteiger partial charge in [0.15, 0.2) is 5.78 Å². The van der Waals surface area contributed by atoms with Gasteiger partial charge < -0.3 is 0 Å². The predicted octanol–water partition coefficient (Wildman–Crippen LogP) is 2.53. The lowest BCUT2D eigenvalue weighted by atomic mass is 10.0. The number of benzene rings is 1. The first-order chi connectivity index (χ1) is 7.50. The Hall–Kier alpha value is -1.29. The Morgan fingerprint density at radius 2 is 2.12 bits per heavy atom. The quantitative estimate of drug-likeness (QED) is 0.749. The highest BCUT2D eigenvalue weighted by molar-refractivity contribution is 6.31. The molecular weight excluding hydrogens is 238 g/mol. The molecule has 2 rings (SSSR count). The third-order valence-corrected chi connectivity index (χ3v) is 2.87. The lowest BCUT2D eigenvalue weighted by molar-refractivity contribution is -0.131. The summed E-state index contributed by atoms with van der Waals surface area (Å²) in [6, 6.07) is 4.51. The Bertz CT molecular complexity index is 471. The molecule has 1 aromatic rings. The number of ketones is 2. The second-order valence-electron chi connectivity index (χ2n) is 3.63. The summed E-state index contributed by atoms with van der Waals surface area (Å²) in [6.07, 6.45) is -3.07. The van der Waals surface area contributed by atoms with Crippen LogP contribution in [0.1, 0.15) is 15.9 Å². The smallest absolute Gasteiger partial charge is 0.293 e. The SMILES string of the molecule is O=C1c2ccc(Cl)cc2CC1C(=O)C(F)F. The monoisotopic (exact) mass is 244 g/mol. The third-order valence-electron chi connectivity index (χ3n) is 2.63. The van der Waals surface area contributed by atoms with Crippen LogP contribution < -0.4 is 0 Å². The van der Waals surface area contributed by atoms with Crippen molar-refractivity contribution in [2.24, 2.45) is 5.92 Å². The molecule has 1 aromatic carbocycles. The molecule has 0 saturated carbocycles. The van der Waals surface area contributed by atoms with E-state index in [0.29, 0.717) is 16.1 Å². The van der Waals surface area contributed by atoms with Crippen LogP contribution in [0.5, 0.6) is 0 Å². The van der Waals surface area contributed by atoms with Crippen molar-refractivity contribution >= 4 is 23.2 Å². The molecule has 0 radical (unpaired) electrons. The first-order valence-electron chi connectivity index (χ1n) is 4.65. The van der Waals surface area contributed by atoms with Crippen molar-refractivity contribution in [2.45, 2.75) is 12.8 Å². The van der Waals surface area contributed by atoms with Crippen LogP contribution in [-0.4, -0.2) is 18.0 Å². The molecule has 0 N–H and O–H groups in total. The highest BCUT2D eigenvalue weighted by atomic mass is 35.5. The number of carbonyl (C=O) groups is 2. The van der Waals surface area contributed by atoms with Crippen molar-refractivity contribution in [2.75, 3.05) is 0 Å². The molecule has 1 unspecified atom stereocenters. The van der Waals surface area contributed by atoms with Crippen molar-refractivity contribution in [3.63, 3.8) is 0 Å². The molecule has 0 aromatic heterocycles. The molecule has 5 heteroatoms. The summed E-state index contributed by atoms with van der Waals surface area (Å²) in [5, 5.41) is 0.427. The number of halogens is 3. The van der Waals surface area contributed by atoms with Gasteiger partial charge in [0.05, 0.1) is 5.92 Å². The number of hydrogen-bond acceptors (Lipinski definition) is 2. The Morgan fingerprint density at radius 3 is 2.75 bits per heavy atom. The van der Waals surface area contributed by atoms with Gasteiger partial charge in [0.25, 0.3) is 6.43 Å². The summed E-state index contributed by atoms with van der Waals surface area (Å²) >= 11 is 5.72. The Balaban J connectivity index is 2.34. The molecule has 1 aliphatic carbocycles. The van der Waals surface area contributed by atoms with Gasteiger partial charge in [0.1, 0.15) is 0 Å². The minimum absolute atomic E-state index is 0.0257. The minimum atomic E-state index is -3.10. The zero-order chi connectivity index (χ0) is 11.9. The second kappa shape index (κ2) is 3.94. The molecule has 2 nitrogen and oxygen atoms in total. The lowest BCUT2D eigenvalue weighted by Crippen LogP contribution is -2.26. The molecule has 1 aliphatic rings. The van der Waals surface area contributed by atoms with Crippen molar-refractivity contribution in [3.8, 4) is 0 Å². The van der Waals surface area contributed by atoms with Gasteiger partial charge in [-0.15, -0.1) is 0 Å². The fourth-order valence-corrected chi connectivity index (χ4v) is 2.05. The second-order valence-corrected chi connectivity index (χ2v) is 4.06. The zero-order valence-corrected chi connectivity index (χ0v) is 8.80. The van der Waals surface area contributed by atoms with E-state index in [0.717, 1.165) is 0 Å². The normalized spacial score (nSPS) is 19.0. The van der Waals surface area contributed by atoms with E-state index in [1.54, 1.807) is 0 Å². The first kappa shape index (κ1) is 11.2. The van der Waals surface area contributed by atoms with Crippen molar-refractivity contribution < 1.29 is 18.4 Å². The number of carbonyl (C=O) groups excluding carboxylic acids is 2. The topological polar surface area (TPSA) is 34.1 Å². The first-order valence-corrected chi connectivity index (χ1v) is 5.03. The highest BCUT2D eigenvalue weighted by Crippen LogP contribution is 2.30. The fourth-order valence-electron chi connectivity index (χ4n) is 1.85. The van der Waals surface area contributed by atoms with Crippen molar-refractivity contribution in [3.05, 3.63) is 34.3 Å². The molecule has 0 bridgehead atoms. The maximum absolute atomic E-state index is 12.2. The minimum Gasteiger partial charge on any atom is -0.293 e. The molecular formula is C11H7ClF2O2. The van der Waals surface area contributed by atoms with Crippen LogP contribution in [0.3, 0.4) is 0 Å². The van der Waals surface area contributed by atoms with Crippen LogP contribution in [0.4, 0.5) is 8.78 Å². The molecule has 0 fully saturated rings. The summed E-state index contributed by atoms with van der Waals surface area (Å²) in [6.45, 7) is 0. The van der Waals surface area contributed by atoms with E-state index >= 15 is 0 Å². The number of Topliss-reactive ketones (excluding diaryl/α,β-unsaturated/α-hetero) is 2. The maximum atomic E-state index is 12.2. The van der Waals surface area contributed by atoms with E-state index in [1.165, 1.54) is 18.2 Å². The van der Waals surface area contributed by atoms with E-state index in [-0.39, 0.29) is 6.42 Å². The van der Waals surface area contributed by atoms with Crippen LogP contribution in [0.25, 0.3) is 0 Å². The average molecular weight is 245 g/mol. The molecule has 0 aliphatic heterocycles. The van der Waals surface area contributed by atoms with Gasteiger partial charge in [0, 0.05) is 10.6 Å². The summed E-state index contributed by atoms with van der Waals surface area (Å²) < 4.78 is 24.5. The standard InChI is InChI=1S/C11H7ClF2O2/c12-6-1-2-7-5(3-6)4-8(9(7)15)10(16)11(13)14/h1-3,8,11H,4H2. The summed E-state index contributed by atoms with van der Waals surface area (Å²) in [7, 11) is 0. The van der Waals surface area contributed by atoms with Gasteiger partial charge in [-0.1, -0.05) is 11.6 Å². The Morgan fingerprint density at radius 1 is 1.44 bits per heavy atom. The van der Waals surface area contributed by atoms with Crippen LogP contribution in [0, 0.1) is 5.92 Å². The van der Waals surface area contributed by atoms with E-state index in [2.05, 4.69) is 0 Å². The number of fused-ring (bicyclic) bond motifs is 1.